The highest BCUT2D eigenvalue weighted by Crippen LogP contribution is 2.30. The second-order valence-electron chi connectivity index (χ2n) is 5.18. The van der Waals surface area contributed by atoms with Crippen LogP contribution in [0.2, 0.25) is 0 Å². The first-order valence-electron chi connectivity index (χ1n) is 7.02. The molecule has 22 heavy (non-hydrogen) atoms. The van der Waals surface area contributed by atoms with Gasteiger partial charge in [-0.25, -0.2) is 0 Å². The van der Waals surface area contributed by atoms with E-state index in [1.165, 1.54) is 12.1 Å². The summed E-state index contributed by atoms with van der Waals surface area (Å²) in [6.45, 7) is 0. The van der Waals surface area contributed by atoms with Gasteiger partial charge in [-0.2, -0.15) is 18.4 Å². The maximum Gasteiger partial charge on any atom is 0.416 e. The summed E-state index contributed by atoms with van der Waals surface area (Å²) in [6.07, 6.45) is 0.0297. The molecule has 0 atom stereocenters. The zero-order valence-corrected chi connectivity index (χ0v) is 11.8. The second kappa shape index (κ2) is 6.65. The quantitative estimate of drug-likeness (QED) is 0.649. The Balaban J connectivity index is 2.12. The van der Waals surface area contributed by atoms with E-state index in [9.17, 15) is 18.0 Å². The number of carbonyl (C=O) groups excluding carboxylic acids is 1. The number of halogens is 3. The predicted molar refractivity (Wildman–Crippen MR) is 75.8 cm³/mol. The summed E-state index contributed by atoms with van der Waals surface area (Å²) >= 11 is 0. The van der Waals surface area contributed by atoms with Gasteiger partial charge in [-0.1, -0.05) is 6.42 Å². The lowest BCUT2D eigenvalue weighted by Gasteiger charge is -2.15. The number of rotatable bonds is 2. The third-order valence-corrected chi connectivity index (χ3v) is 3.62. The van der Waals surface area contributed by atoms with Crippen molar-refractivity contribution in [3.63, 3.8) is 0 Å². The Morgan fingerprint density at radius 1 is 1.09 bits per heavy atom. The number of amides is 1. The van der Waals surface area contributed by atoms with Gasteiger partial charge in [0.15, 0.2) is 0 Å². The van der Waals surface area contributed by atoms with Crippen LogP contribution < -0.4 is 5.32 Å². The first kappa shape index (κ1) is 16.1. The van der Waals surface area contributed by atoms with Crippen molar-refractivity contribution in [3.05, 3.63) is 41.0 Å². The van der Waals surface area contributed by atoms with Gasteiger partial charge >= 0.3 is 6.18 Å². The second-order valence-corrected chi connectivity index (χ2v) is 5.18. The summed E-state index contributed by atoms with van der Waals surface area (Å²) in [5.74, 6) is -0.556. The molecular formula is C16H15F3N2O. The molecule has 0 aliphatic heterocycles. The van der Waals surface area contributed by atoms with E-state index < -0.39 is 17.6 Å². The summed E-state index contributed by atoms with van der Waals surface area (Å²) in [4.78, 5) is 12.1. The van der Waals surface area contributed by atoms with Crippen molar-refractivity contribution in [1.82, 2.24) is 0 Å². The molecule has 1 saturated carbocycles. The lowest BCUT2D eigenvalue weighted by molar-refractivity contribution is -0.137. The number of nitriles is 1. The number of allylic oxidation sites excluding steroid dienone is 1. The van der Waals surface area contributed by atoms with Crippen molar-refractivity contribution in [2.75, 3.05) is 5.32 Å². The number of hydrogen-bond acceptors (Lipinski definition) is 2. The molecule has 0 saturated heterocycles. The van der Waals surface area contributed by atoms with Crippen LogP contribution >= 0.6 is 0 Å². The summed E-state index contributed by atoms with van der Waals surface area (Å²) in [7, 11) is 0. The van der Waals surface area contributed by atoms with Crippen LogP contribution in [0.1, 0.15) is 37.7 Å². The number of alkyl halides is 3. The molecule has 0 unspecified atom stereocenters. The Bertz CT molecular complexity index is 616. The monoisotopic (exact) mass is 308 g/mol. The van der Waals surface area contributed by atoms with Crippen molar-refractivity contribution in [3.8, 4) is 6.07 Å². The summed E-state index contributed by atoms with van der Waals surface area (Å²) in [6, 6.07) is 6.08. The molecule has 0 spiro atoms. The zero-order valence-electron chi connectivity index (χ0n) is 11.8. The van der Waals surface area contributed by atoms with Crippen LogP contribution in [0.3, 0.4) is 0 Å². The minimum Gasteiger partial charge on any atom is -0.321 e. The standard InChI is InChI=1S/C16H15F3N2O/c17-16(18,19)12-6-8-13(9-7-12)21-15(22)14(10-20)11-4-2-1-3-5-11/h6-9H,1-5H2,(H,21,22). The third kappa shape index (κ3) is 3.88. The number of nitrogens with zero attached hydrogens (tertiary/aromatic N) is 1. The van der Waals surface area contributed by atoms with Gasteiger partial charge in [0.1, 0.15) is 11.6 Å². The van der Waals surface area contributed by atoms with Crippen molar-refractivity contribution >= 4 is 11.6 Å². The first-order chi connectivity index (χ1) is 10.4. The van der Waals surface area contributed by atoms with Crippen LogP contribution in [-0.2, 0) is 11.0 Å². The van der Waals surface area contributed by atoms with Gasteiger partial charge in [0.25, 0.3) is 5.91 Å². The van der Waals surface area contributed by atoms with Crippen molar-refractivity contribution in [2.45, 2.75) is 38.3 Å². The van der Waals surface area contributed by atoms with Gasteiger partial charge in [-0.3, -0.25) is 4.79 Å². The van der Waals surface area contributed by atoms with Crippen LogP contribution in [0.4, 0.5) is 18.9 Å². The van der Waals surface area contributed by atoms with Crippen LogP contribution in [-0.4, -0.2) is 5.91 Å². The van der Waals surface area contributed by atoms with Crippen LogP contribution in [0.15, 0.2) is 35.4 Å². The van der Waals surface area contributed by atoms with E-state index in [4.69, 9.17) is 5.26 Å². The minimum absolute atomic E-state index is 0.0830. The van der Waals surface area contributed by atoms with Crippen molar-refractivity contribution in [1.29, 1.82) is 5.26 Å². The molecule has 1 aliphatic rings. The third-order valence-electron chi connectivity index (χ3n) is 3.62. The molecule has 1 aromatic carbocycles. The summed E-state index contributed by atoms with van der Waals surface area (Å²) < 4.78 is 37.4. The van der Waals surface area contributed by atoms with Gasteiger partial charge in [0, 0.05) is 5.69 Å². The highest BCUT2D eigenvalue weighted by atomic mass is 19.4. The normalized spacial score (nSPS) is 15.1. The number of hydrogen-bond donors (Lipinski definition) is 1. The van der Waals surface area contributed by atoms with Gasteiger partial charge in [0.05, 0.1) is 5.56 Å². The zero-order chi connectivity index (χ0) is 16.2. The molecule has 116 valence electrons. The number of nitrogens with one attached hydrogen (secondary N) is 1. The van der Waals surface area contributed by atoms with E-state index in [1.807, 2.05) is 6.07 Å². The fourth-order valence-electron chi connectivity index (χ4n) is 2.46. The molecule has 0 radical (unpaired) electrons. The lowest BCUT2D eigenvalue weighted by atomic mass is 9.91. The van der Waals surface area contributed by atoms with Crippen LogP contribution in [0.25, 0.3) is 0 Å². The maximum atomic E-state index is 12.5. The number of carbonyl (C=O) groups is 1. The van der Waals surface area contributed by atoms with Crippen LogP contribution in [0, 0.1) is 11.3 Å². The van der Waals surface area contributed by atoms with E-state index >= 15 is 0 Å². The summed E-state index contributed by atoms with van der Waals surface area (Å²) in [5.41, 5.74) is 0.372. The van der Waals surface area contributed by atoms with E-state index in [0.717, 1.165) is 49.8 Å². The highest BCUT2D eigenvalue weighted by Gasteiger charge is 2.30. The molecule has 6 heteroatoms. The number of anilines is 1. The molecule has 1 amide bonds. The van der Waals surface area contributed by atoms with E-state index in [0.29, 0.717) is 0 Å². The van der Waals surface area contributed by atoms with E-state index in [2.05, 4.69) is 5.32 Å². The fourth-order valence-corrected chi connectivity index (χ4v) is 2.46. The molecular weight excluding hydrogens is 293 g/mol. The Kier molecular flexibility index (Phi) is 4.86. The maximum absolute atomic E-state index is 12.5. The molecule has 0 heterocycles. The topological polar surface area (TPSA) is 52.9 Å². The van der Waals surface area contributed by atoms with Gasteiger partial charge < -0.3 is 5.32 Å². The van der Waals surface area contributed by atoms with Gasteiger partial charge in [-0.05, 0) is 55.5 Å². The molecule has 3 nitrogen and oxygen atoms in total. The largest absolute Gasteiger partial charge is 0.416 e. The Labute approximate surface area is 126 Å². The molecule has 1 fully saturated rings. The number of benzene rings is 1. The molecule has 2 rings (SSSR count). The minimum atomic E-state index is -4.41. The SMILES string of the molecule is N#CC(C(=O)Nc1ccc(C(F)(F)F)cc1)=C1CCCCC1. The molecule has 0 bridgehead atoms. The Hall–Kier alpha value is -2.29. The molecule has 1 N–H and O–H groups in total. The average molecular weight is 308 g/mol. The summed E-state index contributed by atoms with van der Waals surface area (Å²) in [5, 5.41) is 11.6. The van der Waals surface area contributed by atoms with E-state index in [1.54, 1.807) is 0 Å². The lowest BCUT2D eigenvalue weighted by Crippen LogP contribution is -2.16. The Morgan fingerprint density at radius 2 is 1.68 bits per heavy atom. The smallest absolute Gasteiger partial charge is 0.321 e. The Morgan fingerprint density at radius 3 is 2.18 bits per heavy atom. The van der Waals surface area contributed by atoms with Crippen molar-refractivity contribution in [2.24, 2.45) is 0 Å². The molecule has 0 aromatic heterocycles. The highest BCUT2D eigenvalue weighted by molar-refractivity contribution is 6.07. The van der Waals surface area contributed by atoms with Gasteiger partial charge in [-0.15, -0.1) is 0 Å². The van der Waals surface area contributed by atoms with E-state index in [-0.39, 0.29) is 11.3 Å². The predicted octanol–water partition coefficient (Wildman–Crippen LogP) is 4.43. The van der Waals surface area contributed by atoms with Crippen molar-refractivity contribution < 1.29 is 18.0 Å². The average Bonchev–Trinajstić information content (AvgIpc) is 2.48. The fraction of sp³-hybridized carbons (Fsp3) is 0.375. The van der Waals surface area contributed by atoms with Gasteiger partial charge in [0.2, 0.25) is 0 Å². The first-order valence-corrected chi connectivity index (χ1v) is 7.02. The molecule has 1 aromatic rings. The molecule has 1 aliphatic carbocycles. The van der Waals surface area contributed by atoms with Crippen LogP contribution in [0.5, 0.6) is 0 Å².